The molecule has 0 saturated heterocycles. The number of ketones is 1. The maximum atomic E-state index is 14.1. The van der Waals surface area contributed by atoms with Gasteiger partial charge in [-0.15, -0.1) is 0 Å². The van der Waals surface area contributed by atoms with Crippen molar-refractivity contribution in [2.24, 2.45) is 0 Å². The molecule has 1 aliphatic heterocycles. The molecule has 3 nitrogen and oxygen atoms in total. The number of hydrogen-bond acceptors (Lipinski definition) is 2. The number of ether oxygens (including phenoxy) is 1. The van der Waals surface area contributed by atoms with Gasteiger partial charge in [0.05, 0.1) is 12.8 Å². The fourth-order valence-corrected chi connectivity index (χ4v) is 3.07. The summed E-state index contributed by atoms with van der Waals surface area (Å²) in [6, 6.07) is 5.31. The lowest BCUT2D eigenvalue weighted by atomic mass is 9.91. The lowest BCUT2D eigenvalue weighted by Gasteiger charge is -2.27. The van der Waals surface area contributed by atoms with Crippen molar-refractivity contribution in [3.63, 3.8) is 0 Å². The monoisotopic (exact) mass is 287 g/mol. The molecule has 1 aliphatic rings. The number of nitrogens with zero attached hydrogens (tertiary/aromatic N) is 1. The first-order chi connectivity index (χ1) is 10.1. The van der Waals surface area contributed by atoms with E-state index in [2.05, 4.69) is 11.5 Å². The maximum Gasteiger partial charge on any atom is 0.165 e. The summed E-state index contributed by atoms with van der Waals surface area (Å²) in [5, 5.41) is 0. The first-order valence-corrected chi connectivity index (χ1v) is 7.17. The van der Waals surface area contributed by atoms with Crippen molar-refractivity contribution < 1.29 is 13.9 Å². The number of halogens is 1. The van der Waals surface area contributed by atoms with Crippen molar-refractivity contribution in [3.8, 4) is 17.0 Å². The Labute approximate surface area is 123 Å². The molecule has 0 saturated carbocycles. The molecular formula is C17H18FNO2. The Morgan fingerprint density at radius 2 is 2.24 bits per heavy atom. The van der Waals surface area contributed by atoms with Crippen LogP contribution in [0.15, 0.2) is 24.4 Å². The number of fused-ring (bicyclic) bond motifs is 3. The quantitative estimate of drug-likeness (QED) is 0.799. The van der Waals surface area contributed by atoms with Crippen LogP contribution in [0.5, 0.6) is 5.75 Å². The normalized spacial score (nSPS) is 16.3. The third kappa shape index (κ3) is 2.06. The van der Waals surface area contributed by atoms with E-state index in [1.807, 2.05) is 19.2 Å². The molecule has 21 heavy (non-hydrogen) atoms. The SMILES string of the molecule is CCC(=O)c1ccn2c1-c1cc(F)c(OC)cc1CC2C. The van der Waals surface area contributed by atoms with E-state index < -0.39 is 5.82 Å². The number of carbonyl (C=O) groups excluding carboxylic acids is 1. The lowest BCUT2D eigenvalue weighted by molar-refractivity contribution is 0.0988. The van der Waals surface area contributed by atoms with Gasteiger partial charge in [-0.2, -0.15) is 0 Å². The van der Waals surface area contributed by atoms with E-state index in [0.29, 0.717) is 12.0 Å². The number of hydrogen-bond donors (Lipinski definition) is 0. The molecule has 2 heterocycles. The standard InChI is InChI=1S/C17H18FNO2/c1-4-15(20)12-5-6-19-10(2)7-11-8-16(21-3)14(18)9-13(11)17(12)19/h5-6,8-10H,4,7H2,1-3H3. The zero-order valence-corrected chi connectivity index (χ0v) is 12.4. The molecule has 1 atom stereocenters. The minimum atomic E-state index is -0.395. The zero-order chi connectivity index (χ0) is 15.1. The number of carbonyl (C=O) groups is 1. The van der Waals surface area contributed by atoms with Gasteiger partial charge < -0.3 is 9.30 Å². The largest absolute Gasteiger partial charge is 0.494 e. The Balaban J connectivity index is 2.25. The summed E-state index contributed by atoms with van der Waals surface area (Å²) in [5.41, 5.74) is 3.33. The van der Waals surface area contributed by atoms with Crippen LogP contribution >= 0.6 is 0 Å². The van der Waals surface area contributed by atoms with Crippen LogP contribution in [0.4, 0.5) is 4.39 Å². The minimum Gasteiger partial charge on any atom is -0.494 e. The number of rotatable bonds is 3. The molecule has 110 valence electrons. The molecule has 1 unspecified atom stereocenters. The molecule has 0 radical (unpaired) electrons. The van der Waals surface area contributed by atoms with E-state index in [9.17, 15) is 9.18 Å². The van der Waals surface area contributed by atoms with Gasteiger partial charge in [-0.25, -0.2) is 4.39 Å². The van der Waals surface area contributed by atoms with Crippen molar-refractivity contribution in [3.05, 3.63) is 41.3 Å². The summed E-state index contributed by atoms with van der Waals surface area (Å²) in [6.07, 6.45) is 3.17. The van der Waals surface area contributed by atoms with Gasteiger partial charge in [-0.3, -0.25) is 4.79 Å². The predicted molar refractivity (Wildman–Crippen MR) is 79.4 cm³/mol. The Kier molecular flexibility index (Phi) is 3.32. The fourth-order valence-electron chi connectivity index (χ4n) is 3.07. The lowest BCUT2D eigenvalue weighted by Crippen LogP contribution is -2.17. The highest BCUT2D eigenvalue weighted by molar-refractivity contribution is 6.02. The average Bonchev–Trinajstić information content (AvgIpc) is 2.92. The van der Waals surface area contributed by atoms with Crippen molar-refractivity contribution in [2.45, 2.75) is 32.7 Å². The van der Waals surface area contributed by atoms with E-state index >= 15 is 0 Å². The maximum absolute atomic E-state index is 14.1. The molecule has 0 N–H and O–H groups in total. The highest BCUT2D eigenvalue weighted by atomic mass is 19.1. The minimum absolute atomic E-state index is 0.0834. The van der Waals surface area contributed by atoms with E-state index in [1.165, 1.54) is 13.2 Å². The highest BCUT2D eigenvalue weighted by Gasteiger charge is 2.27. The number of aromatic nitrogens is 1. The third-order valence-corrected chi connectivity index (χ3v) is 4.16. The number of methoxy groups -OCH3 is 1. The molecular weight excluding hydrogens is 269 g/mol. The van der Waals surface area contributed by atoms with Crippen LogP contribution < -0.4 is 4.74 Å². The molecule has 0 bridgehead atoms. The highest BCUT2D eigenvalue weighted by Crippen LogP contribution is 2.40. The van der Waals surface area contributed by atoms with Gasteiger partial charge in [0.2, 0.25) is 0 Å². The van der Waals surface area contributed by atoms with Crippen LogP contribution in [-0.4, -0.2) is 17.5 Å². The summed E-state index contributed by atoms with van der Waals surface area (Å²) < 4.78 is 21.2. The van der Waals surface area contributed by atoms with Crippen LogP contribution in [0.2, 0.25) is 0 Å². The van der Waals surface area contributed by atoms with E-state index in [-0.39, 0.29) is 17.6 Å². The van der Waals surface area contributed by atoms with Gasteiger partial charge in [0.1, 0.15) is 0 Å². The summed E-state index contributed by atoms with van der Waals surface area (Å²) >= 11 is 0. The third-order valence-electron chi connectivity index (χ3n) is 4.16. The van der Waals surface area contributed by atoms with Gasteiger partial charge in [0.25, 0.3) is 0 Å². The Morgan fingerprint density at radius 3 is 2.90 bits per heavy atom. The molecule has 0 spiro atoms. The second kappa shape index (κ2) is 5.02. The first-order valence-electron chi connectivity index (χ1n) is 7.17. The van der Waals surface area contributed by atoms with Gasteiger partial charge in [0.15, 0.2) is 17.3 Å². The van der Waals surface area contributed by atoms with Gasteiger partial charge in [0, 0.05) is 29.8 Å². The van der Waals surface area contributed by atoms with Crippen LogP contribution in [0, 0.1) is 5.82 Å². The van der Waals surface area contributed by atoms with Gasteiger partial charge >= 0.3 is 0 Å². The molecule has 0 aliphatic carbocycles. The molecule has 1 aromatic carbocycles. The van der Waals surface area contributed by atoms with E-state index in [4.69, 9.17) is 4.74 Å². The van der Waals surface area contributed by atoms with Crippen LogP contribution in [0.25, 0.3) is 11.3 Å². The Bertz CT molecular complexity index is 718. The molecule has 0 fully saturated rings. The molecule has 0 amide bonds. The second-order valence-electron chi connectivity index (χ2n) is 5.46. The topological polar surface area (TPSA) is 31.2 Å². The summed E-state index contributed by atoms with van der Waals surface area (Å²) in [5.74, 6) is -0.0576. The van der Waals surface area contributed by atoms with Crippen molar-refractivity contribution in [1.82, 2.24) is 4.57 Å². The van der Waals surface area contributed by atoms with E-state index in [1.54, 1.807) is 6.07 Å². The summed E-state index contributed by atoms with van der Waals surface area (Å²) in [4.78, 5) is 12.1. The second-order valence-corrected chi connectivity index (χ2v) is 5.46. The molecule has 4 heteroatoms. The van der Waals surface area contributed by atoms with Crippen LogP contribution in [-0.2, 0) is 6.42 Å². The Hall–Kier alpha value is -2.10. The number of benzene rings is 1. The zero-order valence-electron chi connectivity index (χ0n) is 12.4. The van der Waals surface area contributed by atoms with Crippen LogP contribution in [0.3, 0.4) is 0 Å². The van der Waals surface area contributed by atoms with Crippen LogP contribution in [0.1, 0.15) is 42.2 Å². The predicted octanol–water partition coefficient (Wildman–Crippen LogP) is 4.01. The smallest absolute Gasteiger partial charge is 0.165 e. The summed E-state index contributed by atoms with van der Waals surface area (Å²) in [6.45, 7) is 3.94. The molecule has 1 aromatic heterocycles. The van der Waals surface area contributed by atoms with Crippen molar-refractivity contribution >= 4 is 5.78 Å². The van der Waals surface area contributed by atoms with Gasteiger partial charge in [-0.1, -0.05) is 6.92 Å². The van der Waals surface area contributed by atoms with Crippen molar-refractivity contribution in [2.75, 3.05) is 7.11 Å². The number of Topliss-reactive ketones (excluding diaryl/α,β-unsaturated/α-hetero) is 1. The average molecular weight is 287 g/mol. The molecule has 2 aromatic rings. The fraction of sp³-hybridized carbons (Fsp3) is 0.353. The van der Waals surface area contributed by atoms with Crippen molar-refractivity contribution in [1.29, 1.82) is 0 Å². The van der Waals surface area contributed by atoms with Gasteiger partial charge in [-0.05, 0) is 37.1 Å². The Morgan fingerprint density at radius 1 is 1.48 bits per heavy atom. The van der Waals surface area contributed by atoms with E-state index in [0.717, 1.165) is 23.2 Å². The molecule has 3 rings (SSSR count). The summed E-state index contributed by atoms with van der Waals surface area (Å²) in [7, 11) is 1.46. The first kappa shape index (κ1) is 13.9.